The molecule has 1 heterocycles. The van der Waals surface area contributed by atoms with Gasteiger partial charge in [0, 0.05) is 6.07 Å². The van der Waals surface area contributed by atoms with Crippen LogP contribution >= 0.6 is 22.6 Å². The number of nitrogen functional groups attached to an aromatic ring is 1. The van der Waals surface area contributed by atoms with Gasteiger partial charge >= 0.3 is 5.69 Å². The van der Waals surface area contributed by atoms with E-state index in [1.54, 1.807) is 0 Å². The highest BCUT2D eigenvalue weighted by Crippen LogP contribution is 2.20. The first-order valence-electron chi connectivity index (χ1n) is 2.66. The van der Waals surface area contributed by atoms with Crippen molar-refractivity contribution in [1.29, 1.82) is 0 Å². The topological polar surface area (TPSA) is 82.0 Å². The quantitative estimate of drug-likeness (QED) is 0.469. The molecule has 0 radical (unpaired) electrons. The van der Waals surface area contributed by atoms with Gasteiger partial charge in [0.05, 0.1) is 8.49 Å². The number of nitrogens with two attached hydrogens (primary N) is 1. The van der Waals surface area contributed by atoms with Gasteiger partial charge in [-0.1, -0.05) is 0 Å². The molecule has 0 saturated heterocycles. The van der Waals surface area contributed by atoms with E-state index in [1.807, 2.05) is 22.6 Å². The van der Waals surface area contributed by atoms with Crippen LogP contribution in [0, 0.1) is 13.7 Å². The SMILES string of the molecule is Nc1cc(I)c([N+](=O)[O-])cn1. The van der Waals surface area contributed by atoms with Gasteiger partial charge in [-0.15, -0.1) is 0 Å². The molecule has 1 aromatic rings. The lowest BCUT2D eigenvalue weighted by Gasteiger charge is -1.94. The molecule has 6 heteroatoms. The predicted molar refractivity (Wildman–Crippen MR) is 48.0 cm³/mol. The summed E-state index contributed by atoms with van der Waals surface area (Å²) < 4.78 is 0.500. The van der Waals surface area contributed by atoms with Crippen molar-refractivity contribution in [1.82, 2.24) is 4.98 Å². The molecule has 0 bridgehead atoms. The molecular formula is C5H4IN3O2. The van der Waals surface area contributed by atoms with Crippen LogP contribution in [0.2, 0.25) is 0 Å². The van der Waals surface area contributed by atoms with Crippen molar-refractivity contribution in [3.05, 3.63) is 25.9 Å². The Morgan fingerprint density at radius 2 is 2.36 bits per heavy atom. The number of halogens is 1. The lowest BCUT2D eigenvalue weighted by atomic mass is 10.4. The van der Waals surface area contributed by atoms with Gasteiger partial charge < -0.3 is 5.73 Å². The summed E-state index contributed by atoms with van der Waals surface area (Å²) in [5.41, 5.74) is 5.28. The number of rotatable bonds is 1. The maximum atomic E-state index is 10.3. The van der Waals surface area contributed by atoms with E-state index in [2.05, 4.69) is 4.98 Å². The molecule has 1 aromatic heterocycles. The maximum Gasteiger partial charge on any atom is 0.300 e. The summed E-state index contributed by atoms with van der Waals surface area (Å²) >= 11 is 1.84. The zero-order chi connectivity index (χ0) is 8.43. The highest BCUT2D eigenvalue weighted by Gasteiger charge is 2.11. The van der Waals surface area contributed by atoms with Crippen LogP contribution in [-0.2, 0) is 0 Å². The van der Waals surface area contributed by atoms with Gasteiger partial charge in [0.1, 0.15) is 12.0 Å². The Balaban J connectivity index is 3.20. The monoisotopic (exact) mass is 265 g/mol. The van der Waals surface area contributed by atoms with Crippen LogP contribution in [0.5, 0.6) is 0 Å². The van der Waals surface area contributed by atoms with Crippen LogP contribution in [0.3, 0.4) is 0 Å². The van der Waals surface area contributed by atoms with Crippen molar-refractivity contribution >= 4 is 34.1 Å². The van der Waals surface area contributed by atoms with Gasteiger partial charge in [-0.3, -0.25) is 10.1 Å². The van der Waals surface area contributed by atoms with E-state index in [1.165, 1.54) is 6.07 Å². The van der Waals surface area contributed by atoms with Gasteiger partial charge in [0.15, 0.2) is 0 Å². The summed E-state index contributed by atoms with van der Waals surface area (Å²) in [5, 5.41) is 10.3. The maximum absolute atomic E-state index is 10.3. The second-order valence-corrected chi connectivity index (χ2v) is 2.98. The largest absolute Gasteiger partial charge is 0.384 e. The normalized spacial score (nSPS) is 9.55. The molecule has 0 fully saturated rings. The minimum absolute atomic E-state index is 0.0141. The Labute approximate surface area is 75.9 Å². The first-order chi connectivity index (χ1) is 5.11. The van der Waals surface area contributed by atoms with Crippen LogP contribution in [0.15, 0.2) is 12.3 Å². The second kappa shape index (κ2) is 2.99. The predicted octanol–water partition coefficient (Wildman–Crippen LogP) is 1.18. The molecule has 5 nitrogen and oxygen atoms in total. The fraction of sp³-hybridized carbons (Fsp3) is 0. The van der Waals surface area contributed by atoms with Crippen LogP contribution in [-0.4, -0.2) is 9.91 Å². The lowest BCUT2D eigenvalue weighted by Crippen LogP contribution is -1.96. The van der Waals surface area contributed by atoms with Gasteiger partial charge in [-0.25, -0.2) is 4.98 Å². The van der Waals surface area contributed by atoms with E-state index in [9.17, 15) is 10.1 Å². The van der Waals surface area contributed by atoms with Crippen molar-refractivity contribution in [2.45, 2.75) is 0 Å². The first-order valence-corrected chi connectivity index (χ1v) is 3.74. The highest BCUT2D eigenvalue weighted by atomic mass is 127. The summed E-state index contributed by atoms with van der Waals surface area (Å²) in [6, 6.07) is 1.46. The van der Waals surface area contributed by atoms with Crippen LogP contribution in [0.25, 0.3) is 0 Å². The number of pyridine rings is 1. The summed E-state index contributed by atoms with van der Waals surface area (Å²) in [7, 11) is 0. The molecule has 11 heavy (non-hydrogen) atoms. The molecular weight excluding hydrogens is 261 g/mol. The highest BCUT2D eigenvalue weighted by molar-refractivity contribution is 14.1. The van der Waals surface area contributed by atoms with Gasteiger partial charge in [0.2, 0.25) is 0 Å². The van der Waals surface area contributed by atoms with E-state index in [0.717, 1.165) is 6.20 Å². The minimum Gasteiger partial charge on any atom is -0.384 e. The molecule has 0 aliphatic heterocycles. The number of nitrogens with zero attached hydrogens (tertiary/aromatic N) is 2. The fourth-order valence-electron chi connectivity index (χ4n) is 0.573. The van der Waals surface area contributed by atoms with E-state index in [-0.39, 0.29) is 5.69 Å². The molecule has 0 spiro atoms. The standard InChI is InChI=1S/C5H4IN3O2/c6-3-1-5(7)8-2-4(3)9(10)11/h1-2H,(H2,7,8). The number of hydrogen-bond donors (Lipinski definition) is 1. The Morgan fingerprint density at radius 3 is 2.82 bits per heavy atom. The van der Waals surface area contributed by atoms with E-state index < -0.39 is 4.92 Å². The minimum atomic E-state index is -0.492. The molecule has 1 rings (SSSR count). The molecule has 0 unspecified atom stereocenters. The first kappa shape index (κ1) is 8.18. The van der Waals surface area contributed by atoms with Crippen molar-refractivity contribution in [3.8, 4) is 0 Å². The molecule has 0 aliphatic carbocycles. The Kier molecular flexibility index (Phi) is 2.22. The molecule has 2 N–H and O–H groups in total. The molecule has 0 aromatic carbocycles. The molecule has 58 valence electrons. The van der Waals surface area contributed by atoms with E-state index in [0.29, 0.717) is 9.39 Å². The summed E-state index contributed by atoms with van der Waals surface area (Å²) in [4.78, 5) is 13.4. The summed E-state index contributed by atoms with van der Waals surface area (Å²) in [6.45, 7) is 0. The third kappa shape index (κ3) is 1.76. The van der Waals surface area contributed by atoms with Crippen LogP contribution in [0.4, 0.5) is 11.5 Å². The Morgan fingerprint density at radius 1 is 1.73 bits per heavy atom. The van der Waals surface area contributed by atoms with E-state index in [4.69, 9.17) is 5.73 Å². The molecule has 0 atom stereocenters. The van der Waals surface area contributed by atoms with Gasteiger partial charge in [-0.2, -0.15) is 0 Å². The lowest BCUT2D eigenvalue weighted by molar-refractivity contribution is -0.386. The average molecular weight is 265 g/mol. The van der Waals surface area contributed by atoms with Gasteiger partial charge in [-0.05, 0) is 22.6 Å². The smallest absolute Gasteiger partial charge is 0.300 e. The number of aromatic nitrogens is 1. The number of nitro groups is 1. The molecule has 0 aliphatic rings. The Hall–Kier alpha value is -0.920. The third-order valence-corrected chi connectivity index (χ3v) is 1.92. The van der Waals surface area contributed by atoms with Crippen molar-refractivity contribution < 1.29 is 4.92 Å². The van der Waals surface area contributed by atoms with Crippen molar-refractivity contribution in [2.75, 3.05) is 5.73 Å². The summed E-state index contributed by atoms with van der Waals surface area (Å²) in [5.74, 6) is 0.292. The number of anilines is 1. The number of hydrogen-bond acceptors (Lipinski definition) is 4. The zero-order valence-electron chi connectivity index (χ0n) is 5.32. The second-order valence-electron chi connectivity index (χ2n) is 1.82. The van der Waals surface area contributed by atoms with Gasteiger partial charge in [0.25, 0.3) is 0 Å². The van der Waals surface area contributed by atoms with Crippen molar-refractivity contribution in [2.24, 2.45) is 0 Å². The van der Waals surface area contributed by atoms with Crippen molar-refractivity contribution in [3.63, 3.8) is 0 Å². The third-order valence-electron chi connectivity index (χ3n) is 1.05. The van der Waals surface area contributed by atoms with E-state index >= 15 is 0 Å². The molecule has 0 amide bonds. The Bertz CT molecular complexity index is 302. The zero-order valence-corrected chi connectivity index (χ0v) is 7.48. The fourth-order valence-corrected chi connectivity index (χ4v) is 1.23. The molecule has 0 saturated carbocycles. The van der Waals surface area contributed by atoms with Crippen LogP contribution < -0.4 is 5.73 Å². The average Bonchev–Trinajstić information content (AvgIpc) is 1.85. The van der Waals surface area contributed by atoms with Crippen LogP contribution in [0.1, 0.15) is 0 Å². The summed E-state index contributed by atoms with van der Waals surface area (Å²) in [6.07, 6.45) is 1.15.